The van der Waals surface area contributed by atoms with Gasteiger partial charge in [0.05, 0.1) is 11.5 Å². The van der Waals surface area contributed by atoms with Crippen LogP contribution in [0.4, 0.5) is 0 Å². The number of furan rings is 1. The predicted molar refractivity (Wildman–Crippen MR) is 82.8 cm³/mol. The molecule has 0 saturated carbocycles. The number of sulfone groups is 1. The molecule has 0 spiro atoms. The van der Waals surface area contributed by atoms with Crippen molar-refractivity contribution in [1.29, 1.82) is 0 Å². The summed E-state index contributed by atoms with van der Waals surface area (Å²) in [7, 11) is -3.28. The summed E-state index contributed by atoms with van der Waals surface area (Å²) in [6, 6.07) is 3.36. The van der Waals surface area contributed by atoms with Gasteiger partial charge in [-0.25, -0.2) is 8.42 Å². The van der Waals surface area contributed by atoms with Crippen molar-refractivity contribution in [3.8, 4) is 0 Å². The fourth-order valence-corrected chi connectivity index (χ4v) is 4.88. The third kappa shape index (κ3) is 3.27. The van der Waals surface area contributed by atoms with Crippen molar-refractivity contribution in [3.63, 3.8) is 0 Å². The van der Waals surface area contributed by atoms with Crippen LogP contribution in [0.3, 0.4) is 0 Å². The topological polar surface area (TPSA) is 67.6 Å². The van der Waals surface area contributed by atoms with Gasteiger partial charge in [-0.1, -0.05) is 12.2 Å². The number of rotatable bonds is 4. The van der Waals surface area contributed by atoms with Crippen LogP contribution in [0, 0.1) is 5.92 Å². The smallest absolute Gasteiger partial charge is 0.226 e. The van der Waals surface area contributed by atoms with Gasteiger partial charge in [-0.15, -0.1) is 0 Å². The zero-order chi connectivity index (χ0) is 15.6. The first-order valence-corrected chi connectivity index (χ1v) is 9.45. The normalized spacial score (nSPS) is 25.5. The third-order valence-electron chi connectivity index (χ3n) is 4.51. The van der Waals surface area contributed by atoms with Gasteiger partial charge in [-0.2, -0.15) is 0 Å². The molecule has 0 aromatic carbocycles. The van der Waals surface area contributed by atoms with Gasteiger partial charge in [0.15, 0.2) is 9.84 Å². The van der Waals surface area contributed by atoms with Gasteiger partial charge < -0.3 is 9.32 Å². The van der Waals surface area contributed by atoms with Crippen molar-refractivity contribution in [2.75, 3.05) is 13.1 Å². The fourth-order valence-electron chi connectivity index (χ4n) is 3.21. The number of nitrogens with zero attached hydrogens (tertiary/aromatic N) is 1. The van der Waals surface area contributed by atoms with Gasteiger partial charge in [-0.3, -0.25) is 4.79 Å². The molecule has 2 aliphatic rings. The Balaban J connectivity index is 1.61. The number of allylic oxidation sites excluding steroid dienone is 2. The molecular weight excluding hydrogens is 302 g/mol. The van der Waals surface area contributed by atoms with Crippen molar-refractivity contribution in [1.82, 2.24) is 4.90 Å². The van der Waals surface area contributed by atoms with E-state index in [4.69, 9.17) is 4.42 Å². The lowest BCUT2D eigenvalue weighted by atomic mass is 9.93. The molecule has 22 heavy (non-hydrogen) atoms. The summed E-state index contributed by atoms with van der Waals surface area (Å²) in [6.45, 7) is 0.864. The van der Waals surface area contributed by atoms with Crippen molar-refractivity contribution < 1.29 is 17.6 Å². The van der Waals surface area contributed by atoms with E-state index in [0.717, 1.165) is 19.3 Å². The number of carbonyl (C=O) groups excluding carboxylic acids is 1. The summed E-state index contributed by atoms with van der Waals surface area (Å²) in [5, 5.41) is -0.472. The maximum absolute atomic E-state index is 12.5. The molecule has 3 rings (SSSR count). The molecule has 1 amide bonds. The van der Waals surface area contributed by atoms with Crippen LogP contribution in [0.15, 0.2) is 35.0 Å². The van der Waals surface area contributed by atoms with Crippen LogP contribution in [-0.4, -0.2) is 37.6 Å². The van der Waals surface area contributed by atoms with Crippen LogP contribution in [0.25, 0.3) is 0 Å². The van der Waals surface area contributed by atoms with E-state index in [1.165, 1.54) is 6.26 Å². The summed E-state index contributed by atoms with van der Waals surface area (Å²) in [5.74, 6) is 0.512. The zero-order valence-corrected chi connectivity index (χ0v) is 13.3. The number of hydrogen-bond acceptors (Lipinski definition) is 4. The van der Waals surface area contributed by atoms with E-state index >= 15 is 0 Å². The molecule has 0 radical (unpaired) electrons. The third-order valence-corrected chi connectivity index (χ3v) is 6.59. The molecule has 120 valence electrons. The Labute approximate surface area is 130 Å². The Hall–Kier alpha value is -1.56. The van der Waals surface area contributed by atoms with Gasteiger partial charge >= 0.3 is 0 Å². The summed E-state index contributed by atoms with van der Waals surface area (Å²) in [5.41, 5.74) is 0. The molecule has 5 nitrogen and oxygen atoms in total. The van der Waals surface area contributed by atoms with E-state index in [1.807, 2.05) is 6.08 Å². The van der Waals surface area contributed by atoms with Crippen LogP contribution in [0.2, 0.25) is 0 Å². The van der Waals surface area contributed by atoms with Gasteiger partial charge in [0.2, 0.25) is 5.91 Å². The highest BCUT2D eigenvalue weighted by atomic mass is 32.2. The monoisotopic (exact) mass is 323 g/mol. The second kappa shape index (κ2) is 6.28. The molecule has 1 fully saturated rings. The SMILES string of the molecule is O=C([C@H]1CC=CCC1)N1CC[C@@H](S(=O)(=O)Cc2ccco2)C1. The Morgan fingerprint density at radius 1 is 1.32 bits per heavy atom. The molecule has 0 unspecified atom stereocenters. The molecule has 1 aromatic rings. The van der Waals surface area contributed by atoms with Crippen LogP contribution >= 0.6 is 0 Å². The largest absolute Gasteiger partial charge is 0.468 e. The highest BCUT2D eigenvalue weighted by Gasteiger charge is 2.37. The number of carbonyl (C=O) groups is 1. The van der Waals surface area contributed by atoms with E-state index in [2.05, 4.69) is 6.08 Å². The van der Waals surface area contributed by atoms with Gasteiger partial charge in [0.1, 0.15) is 11.5 Å². The number of hydrogen-bond donors (Lipinski definition) is 0. The van der Waals surface area contributed by atoms with Gasteiger partial charge in [0, 0.05) is 19.0 Å². The Morgan fingerprint density at radius 2 is 2.18 bits per heavy atom. The maximum atomic E-state index is 12.5. The predicted octanol–water partition coefficient (Wildman–Crippen LogP) is 2.15. The highest BCUT2D eigenvalue weighted by molar-refractivity contribution is 7.91. The number of amides is 1. The molecule has 1 aliphatic carbocycles. The maximum Gasteiger partial charge on any atom is 0.226 e. The standard InChI is InChI=1S/C16H21NO4S/c18-16(13-5-2-1-3-6-13)17-9-8-15(11-17)22(19,20)12-14-7-4-10-21-14/h1-2,4,7,10,13,15H,3,5-6,8-9,11-12H2/t13-,15+/m0/s1. The highest BCUT2D eigenvalue weighted by Crippen LogP contribution is 2.26. The molecule has 0 N–H and O–H groups in total. The zero-order valence-electron chi connectivity index (χ0n) is 12.5. The first-order chi connectivity index (χ1) is 10.6. The quantitative estimate of drug-likeness (QED) is 0.796. The van der Waals surface area contributed by atoms with Crippen LogP contribution < -0.4 is 0 Å². The first kappa shape index (κ1) is 15.3. The summed E-state index contributed by atoms with van der Waals surface area (Å²) < 4.78 is 30.0. The Morgan fingerprint density at radius 3 is 2.86 bits per heavy atom. The lowest BCUT2D eigenvalue weighted by Crippen LogP contribution is -2.36. The van der Waals surface area contributed by atoms with Gasteiger partial charge in [-0.05, 0) is 37.8 Å². The first-order valence-electron chi connectivity index (χ1n) is 7.74. The van der Waals surface area contributed by atoms with Crippen LogP contribution in [0.5, 0.6) is 0 Å². The van der Waals surface area contributed by atoms with Crippen molar-refractivity contribution >= 4 is 15.7 Å². The number of likely N-dealkylation sites (tertiary alicyclic amines) is 1. The van der Waals surface area contributed by atoms with Crippen molar-refractivity contribution in [2.45, 2.75) is 36.7 Å². The summed E-state index contributed by atoms with van der Waals surface area (Å²) >= 11 is 0. The summed E-state index contributed by atoms with van der Waals surface area (Å²) in [4.78, 5) is 14.2. The van der Waals surface area contributed by atoms with E-state index in [1.54, 1.807) is 17.0 Å². The van der Waals surface area contributed by atoms with E-state index in [-0.39, 0.29) is 17.6 Å². The molecular formula is C16H21NO4S. The Kier molecular flexibility index (Phi) is 4.38. The molecule has 2 atom stereocenters. The lowest BCUT2D eigenvalue weighted by Gasteiger charge is -2.24. The van der Waals surface area contributed by atoms with Crippen LogP contribution in [-0.2, 0) is 20.4 Å². The average Bonchev–Trinajstić information content (AvgIpc) is 3.18. The van der Waals surface area contributed by atoms with Crippen LogP contribution in [0.1, 0.15) is 31.4 Å². The van der Waals surface area contributed by atoms with E-state index in [9.17, 15) is 13.2 Å². The minimum Gasteiger partial charge on any atom is -0.468 e. The second-order valence-corrected chi connectivity index (χ2v) is 8.34. The molecule has 0 bridgehead atoms. The molecule has 1 saturated heterocycles. The molecule has 2 heterocycles. The van der Waals surface area contributed by atoms with Gasteiger partial charge in [0.25, 0.3) is 0 Å². The lowest BCUT2D eigenvalue weighted by molar-refractivity contribution is -0.134. The molecule has 6 heteroatoms. The fraction of sp³-hybridized carbons (Fsp3) is 0.562. The van der Waals surface area contributed by atoms with E-state index < -0.39 is 15.1 Å². The van der Waals surface area contributed by atoms with E-state index in [0.29, 0.717) is 25.3 Å². The second-order valence-electron chi connectivity index (χ2n) is 6.06. The van der Waals surface area contributed by atoms with Crippen molar-refractivity contribution in [3.05, 3.63) is 36.3 Å². The molecule has 1 aliphatic heterocycles. The van der Waals surface area contributed by atoms with Crippen molar-refractivity contribution in [2.24, 2.45) is 5.92 Å². The summed E-state index contributed by atoms with van der Waals surface area (Å²) in [6.07, 6.45) is 8.74. The average molecular weight is 323 g/mol. The molecule has 1 aromatic heterocycles. The minimum absolute atomic E-state index is 0.0246. The minimum atomic E-state index is -3.28. The Bertz CT molecular complexity index is 648.